The maximum Gasteiger partial charge on any atom is 0.225 e. The molecule has 3 aromatic rings. The van der Waals surface area contributed by atoms with Gasteiger partial charge in [0.25, 0.3) is 0 Å². The van der Waals surface area contributed by atoms with E-state index in [0.717, 1.165) is 24.1 Å². The predicted octanol–water partition coefficient (Wildman–Crippen LogP) is 5.69. The highest BCUT2D eigenvalue weighted by Crippen LogP contribution is 2.26. The third-order valence-corrected chi connectivity index (χ3v) is 4.93. The van der Waals surface area contributed by atoms with Crippen LogP contribution in [0.15, 0.2) is 54.6 Å². The normalized spacial score (nSPS) is 14.3. The molecule has 1 aliphatic rings. The first-order chi connectivity index (χ1) is 13.2. The van der Waals surface area contributed by atoms with Crippen molar-refractivity contribution in [2.75, 3.05) is 10.6 Å². The monoisotopic (exact) mass is 362 g/mol. The zero-order chi connectivity index (χ0) is 18.6. The Kier molecular flexibility index (Phi) is 5.01. The van der Waals surface area contributed by atoms with Crippen molar-refractivity contribution in [2.24, 2.45) is 0 Å². The molecule has 0 amide bonds. The van der Waals surface area contributed by atoms with Gasteiger partial charge in [0.2, 0.25) is 5.95 Å². The maximum atomic E-state index is 13.9. The van der Waals surface area contributed by atoms with Crippen LogP contribution in [0.2, 0.25) is 0 Å². The van der Waals surface area contributed by atoms with Crippen LogP contribution in [0.5, 0.6) is 0 Å². The number of aromatic nitrogens is 2. The Hall–Kier alpha value is -2.95. The summed E-state index contributed by atoms with van der Waals surface area (Å²) in [7, 11) is 0. The summed E-state index contributed by atoms with van der Waals surface area (Å²) >= 11 is 0. The molecular formula is C22H23FN4. The zero-order valence-electron chi connectivity index (χ0n) is 15.4. The molecule has 0 atom stereocenters. The number of aryl methyl sites for hydroxylation is 1. The van der Waals surface area contributed by atoms with Crippen LogP contribution in [-0.2, 0) is 0 Å². The number of benzene rings is 2. The minimum atomic E-state index is -0.235. The van der Waals surface area contributed by atoms with E-state index in [1.807, 2.05) is 42.5 Å². The average Bonchev–Trinajstić information content (AvgIpc) is 3.18. The number of hydrogen-bond acceptors (Lipinski definition) is 4. The van der Waals surface area contributed by atoms with Gasteiger partial charge in [0, 0.05) is 23.4 Å². The van der Waals surface area contributed by atoms with E-state index < -0.39 is 0 Å². The molecule has 1 aromatic heterocycles. The average molecular weight is 362 g/mol. The molecule has 27 heavy (non-hydrogen) atoms. The lowest BCUT2D eigenvalue weighted by atomic mass is 10.1. The van der Waals surface area contributed by atoms with Gasteiger partial charge in [0.15, 0.2) is 0 Å². The predicted molar refractivity (Wildman–Crippen MR) is 108 cm³/mol. The van der Waals surface area contributed by atoms with Crippen LogP contribution in [0.3, 0.4) is 0 Å². The largest absolute Gasteiger partial charge is 0.351 e. The fourth-order valence-corrected chi connectivity index (χ4v) is 3.40. The molecule has 0 unspecified atom stereocenters. The molecule has 138 valence electrons. The van der Waals surface area contributed by atoms with Crippen LogP contribution in [-0.4, -0.2) is 16.0 Å². The SMILES string of the molecule is Cc1ccc(Nc2cc(-c3ccccc3)nc(NC3CCCC3)n2)cc1F. The molecule has 1 saturated carbocycles. The molecule has 4 nitrogen and oxygen atoms in total. The van der Waals surface area contributed by atoms with E-state index in [4.69, 9.17) is 4.98 Å². The van der Waals surface area contributed by atoms with Gasteiger partial charge in [-0.2, -0.15) is 4.98 Å². The van der Waals surface area contributed by atoms with Gasteiger partial charge in [-0.25, -0.2) is 9.37 Å². The Morgan fingerprint density at radius 2 is 1.74 bits per heavy atom. The Morgan fingerprint density at radius 1 is 0.963 bits per heavy atom. The Morgan fingerprint density at radius 3 is 2.48 bits per heavy atom. The second-order valence-electron chi connectivity index (χ2n) is 7.04. The van der Waals surface area contributed by atoms with Crippen molar-refractivity contribution in [2.45, 2.75) is 38.6 Å². The molecule has 2 N–H and O–H groups in total. The molecule has 0 bridgehead atoms. The van der Waals surface area contributed by atoms with Gasteiger partial charge in [-0.1, -0.05) is 49.2 Å². The molecule has 1 heterocycles. The van der Waals surface area contributed by atoms with Crippen molar-refractivity contribution in [3.05, 3.63) is 66.0 Å². The number of rotatable bonds is 5. The summed E-state index contributed by atoms with van der Waals surface area (Å²) in [6, 6.07) is 17.4. The van der Waals surface area contributed by atoms with Gasteiger partial charge >= 0.3 is 0 Å². The first-order valence-electron chi connectivity index (χ1n) is 9.41. The van der Waals surface area contributed by atoms with Crippen molar-refractivity contribution < 1.29 is 4.39 Å². The van der Waals surface area contributed by atoms with Crippen molar-refractivity contribution in [1.29, 1.82) is 0 Å². The van der Waals surface area contributed by atoms with Crippen molar-refractivity contribution in [3.8, 4) is 11.3 Å². The van der Waals surface area contributed by atoms with Gasteiger partial charge in [-0.15, -0.1) is 0 Å². The first kappa shape index (κ1) is 17.5. The molecular weight excluding hydrogens is 339 g/mol. The van der Waals surface area contributed by atoms with Crippen molar-refractivity contribution in [1.82, 2.24) is 9.97 Å². The summed E-state index contributed by atoms with van der Waals surface area (Å²) in [4.78, 5) is 9.32. The van der Waals surface area contributed by atoms with Crippen LogP contribution in [0, 0.1) is 12.7 Å². The van der Waals surface area contributed by atoms with E-state index in [0.29, 0.717) is 29.1 Å². The summed E-state index contributed by atoms with van der Waals surface area (Å²) in [6.45, 7) is 1.75. The molecule has 4 rings (SSSR count). The number of nitrogens with one attached hydrogen (secondary N) is 2. The van der Waals surface area contributed by atoms with Crippen LogP contribution < -0.4 is 10.6 Å². The van der Waals surface area contributed by atoms with Gasteiger partial charge < -0.3 is 10.6 Å². The highest BCUT2D eigenvalue weighted by Gasteiger charge is 2.17. The van der Waals surface area contributed by atoms with Gasteiger partial charge in [0.05, 0.1) is 5.69 Å². The zero-order valence-corrected chi connectivity index (χ0v) is 15.4. The van der Waals surface area contributed by atoms with Crippen LogP contribution in [0.25, 0.3) is 11.3 Å². The number of nitrogens with zero attached hydrogens (tertiary/aromatic N) is 2. The van der Waals surface area contributed by atoms with Crippen LogP contribution in [0.1, 0.15) is 31.2 Å². The molecule has 0 radical (unpaired) electrons. The highest BCUT2D eigenvalue weighted by atomic mass is 19.1. The number of anilines is 3. The molecule has 5 heteroatoms. The quantitative estimate of drug-likeness (QED) is 0.612. The molecule has 2 aromatic carbocycles. The second-order valence-corrected chi connectivity index (χ2v) is 7.04. The van der Waals surface area contributed by atoms with Crippen molar-refractivity contribution in [3.63, 3.8) is 0 Å². The minimum absolute atomic E-state index is 0.235. The van der Waals surface area contributed by atoms with E-state index in [9.17, 15) is 4.39 Å². The Bertz CT molecular complexity index is 921. The lowest BCUT2D eigenvalue weighted by Crippen LogP contribution is -2.17. The smallest absolute Gasteiger partial charge is 0.225 e. The number of hydrogen-bond donors (Lipinski definition) is 2. The third-order valence-electron chi connectivity index (χ3n) is 4.93. The summed E-state index contributed by atoms with van der Waals surface area (Å²) < 4.78 is 13.9. The van der Waals surface area contributed by atoms with E-state index in [1.54, 1.807) is 13.0 Å². The maximum absolute atomic E-state index is 13.9. The molecule has 1 aliphatic carbocycles. The summed E-state index contributed by atoms with van der Waals surface area (Å²) in [5.41, 5.74) is 3.15. The molecule has 0 spiro atoms. The topological polar surface area (TPSA) is 49.8 Å². The Balaban J connectivity index is 1.67. The van der Waals surface area contributed by atoms with Gasteiger partial charge in [-0.3, -0.25) is 0 Å². The standard InChI is InChI=1S/C22H23FN4/c1-15-11-12-18(13-19(15)23)24-21-14-20(16-7-3-2-4-8-16)26-22(27-21)25-17-9-5-6-10-17/h2-4,7-8,11-14,17H,5-6,9-10H2,1H3,(H2,24,25,26,27). The summed E-state index contributed by atoms with van der Waals surface area (Å²) in [5, 5.41) is 6.68. The van der Waals surface area contributed by atoms with Crippen LogP contribution >= 0.6 is 0 Å². The third kappa shape index (κ3) is 4.25. The van der Waals surface area contributed by atoms with E-state index in [2.05, 4.69) is 15.6 Å². The second kappa shape index (κ2) is 7.74. The lowest BCUT2D eigenvalue weighted by molar-refractivity contribution is 0.619. The molecule has 0 saturated heterocycles. The van der Waals surface area contributed by atoms with Gasteiger partial charge in [-0.05, 0) is 37.5 Å². The van der Waals surface area contributed by atoms with E-state index in [-0.39, 0.29) is 5.82 Å². The highest BCUT2D eigenvalue weighted by molar-refractivity contribution is 5.67. The fourth-order valence-electron chi connectivity index (χ4n) is 3.40. The summed E-state index contributed by atoms with van der Waals surface area (Å²) in [6.07, 6.45) is 4.77. The first-order valence-corrected chi connectivity index (χ1v) is 9.41. The fraction of sp³-hybridized carbons (Fsp3) is 0.273. The van der Waals surface area contributed by atoms with Gasteiger partial charge in [0.1, 0.15) is 11.6 Å². The Labute approximate surface area is 158 Å². The lowest BCUT2D eigenvalue weighted by Gasteiger charge is -2.15. The number of halogens is 1. The molecule has 1 fully saturated rings. The van der Waals surface area contributed by atoms with Crippen molar-refractivity contribution >= 4 is 17.5 Å². The molecule has 0 aliphatic heterocycles. The van der Waals surface area contributed by atoms with Crippen LogP contribution in [0.4, 0.5) is 21.8 Å². The minimum Gasteiger partial charge on any atom is -0.351 e. The summed E-state index contributed by atoms with van der Waals surface area (Å²) in [5.74, 6) is 1.02. The van der Waals surface area contributed by atoms with E-state index in [1.165, 1.54) is 18.9 Å². The van der Waals surface area contributed by atoms with E-state index >= 15 is 0 Å².